The third-order valence-electron chi connectivity index (χ3n) is 5.74. The third kappa shape index (κ3) is 5.24. The molecule has 2 atom stereocenters. The Kier molecular flexibility index (Phi) is 6.91. The minimum absolute atomic E-state index is 0.119. The number of pyridine rings is 1. The lowest BCUT2D eigenvalue weighted by Crippen LogP contribution is -2.49. The van der Waals surface area contributed by atoms with Crippen molar-refractivity contribution in [2.75, 3.05) is 23.3 Å². The Morgan fingerprint density at radius 3 is 2.76 bits per heavy atom. The third-order valence-corrected chi connectivity index (χ3v) is 6.42. The van der Waals surface area contributed by atoms with Gasteiger partial charge in [0.25, 0.3) is 6.43 Å². The van der Waals surface area contributed by atoms with Gasteiger partial charge in [0.15, 0.2) is 5.65 Å². The summed E-state index contributed by atoms with van der Waals surface area (Å²) in [5.74, 6) is 0.775. The lowest BCUT2D eigenvalue weighted by atomic mass is 9.90. The van der Waals surface area contributed by atoms with Crippen LogP contribution in [-0.2, 0) is 12.7 Å². The fourth-order valence-corrected chi connectivity index (χ4v) is 4.33. The lowest BCUT2D eigenvalue weighted by molar-refractivity contribution is -0.137. The average Bonchev–Trinajstić information content (AvgIpc) is 3.18. The van der Waals surface area contributed by atoms with Crippen LogP contribution >= 0.6 is 12.2 Å². The highest BCUT2D eigenvalue weighted by atomic mass is 32.1. The van der Waals surface area contributed by atoms with Crippen molar-refractivity contribution in [3.8, 4) is 0 Å². The zero-order chi connectivity index (χ0) is 24.5. The normalized spacial score (nSPS) is 19.3. The van der Waals surface area contributed by atoms with E-state index in [2.05, 4.69) is 25.4 Å². The number of rotatable bonds is 7. The van der Waals surface area contributed by atoms with Gasteiger partial charge in [-0.1, -0.05) is 19.1 Å². The summed E-state index contributed by atoms with van der Waals surface area (Å²) in [6, 6.07) is 1.64. The monoisotopic (exact) mass is 499 g/mol. The van der Waals surface area contributed by atoms with Crippen LogP contribution in [0.2, 0.25) is 0 Å². The van der Waals surface area contributed by atoms with Crippen molar-refractivity contribution in [3.05, 3.63) is 36.3 Å². The number of thiocarbonyl (C=S) groups is 1. The van der Waals surface area contributed by atoms with Gasteiger partial charge in [-0.15, -0.1) is 0 Å². The van der Waals surface area contributed by atoms with E-state index in [-0.39, 0.29) is 23.4 Å². The first-order chi connectivity index (χ1) is 16.1. The molecular weight excluding hydrogens is 477 g/mol. The van der Waals surface area contributed by atoms with Gasteiger partial charge in [-0.05, 0) is 30.9 Å². The number of halogens is 5. The molecule has 0 unspecified atom stereocenters. The SMILES string of the molecule is C[C@H]1CCN(c2cnc3cnn(CC(F)F)c3n2)[C@@H](CCNc2cc(C(F)(F)F)ccn2)C1=S. The summed E-state index contributed by atoms with van der Waals surface area (Å²) in [5.41, 5.74) is -0.115. The van der Waals surface area contributed by atoms with Gasteiger partial charge in [-0.3, -0.25) is 0 Å². The molecule has 7 nitrogen and oxygen atoms in total. The van der Waals surface area contributed by atoms with Gasteiger partial charge in [-0.25, -0.2) is 28.4 Å². The minimum atomic E-state index is -4.45. The van der Waals surface area contributed by atoms with Crippen molar-refractivity contribution in [1.29, 1.82) is 0 Å². The molecule has 0 saturated carbocycles. The molecule has 13 heteroatoms. The molecule has 0 amide bonds. The lowest BCUT2D eigenvalue weighted by Gasteiger charge is -2.40. The summed E-state index contributed by atoms with van der Waals surface area (Å²) in [7, 11) is 0. The fraction of sp³-hybridized carbons (Fsp3) is 0.476. The fourth-order valence-electron chi connectivity index (χ4n) is 3.97. The number of alkyl halides is 5. The molecule has 1 saturated heterocycles. The number of nitrogens with one attached hydrogen (secondary N) is 1. The first kappa shape index (κ1) is 24.2. The quantitative estimate of drug-likeness (QED) is 0.377. The van der Waals surface area contributed by atoms with Crippen molar-refractivity contribution >= 4 is 39.9 Å². The molecule has 182 valence electrons. The van der Waals surface area contributed by atoms with Gasteiger partial charge in [0.05, 0.1) is 24.0 Å². The van der Waals surface area contributed by atoms with Crippen molar-refractivity contribution in [1.82, 2.24) is 24.7 Å². The molecule has 0 bridgehead atoms. The molecular formula is C21H22F5N7S. The average molecular weight is 500 g/mol. The van der Waals surface area contributed by atoms with Crippen LogP contribution in [0.3, 0.4) is 0 Å². The molecule has 3 aromatic heterocycles. The topological polar surface area (TPSA) is 71.8 Å². The van der Waals surface area contributed by atoms with Crippen LogP contribution < -0.4 is 10.2 Å². The molecule has 3 aromatic rings. The summed E-state index contributed by atoms with van der Waals surface area (Å²) >= 11 is 5.69. The predicted octanol–water partition coefficient (Wildman–Crippen LogP) is 4.59. The number of nitrogens with zero attached hydrogens (tertiary/aromatic N) is 6. The highest BCUT2D eigenvalue weighted by Gasteiger charge is 2.33. The van der Waals surface area contributed by atoms with Crippen molar-refractivity contribution < 1.29 is 22.0 Å². The van der Waals surface area contributed by atoms with Crippen LogP contribution in [0.15, 0.2) is 30.7 Å². The summed E-state index contributed by atoms with van der Waals surface area (Å²) in [5, 5.41) is 6.88. The first-order valence-corrected chi connectivity index (χ1v) is 11.1. The van der Waals surface area contributed by atoms with E-state index in [0.29, 0.717) is 30.8 Å². The Labute approximate surface area is 197 Å². The maximum Gasteiger partial charge on any atom is 0.416 e. The van der Waals surface area contributed by atoms with Crippen molar-refractivity contribution in [2.24, 2.45) is 5.92 Å². The summed E-state index contributed by atoms with van der Waals surface area (Å²) < 4.78 is 65.8. The molecule has 1 fully saturated rings. The highest BCUT2D eigenvalue weighted by Crippen LogP contribution is 2.31. The number of hydrogen-bond donors (Lipinski definition) is 1. The number of fused-ring (bicyclic) bond motifs is 1. The first-order valence-electron chi connectivity index (χ1n) is 10.7. The van der Waals surface area contributed by atoms with Crippen LogP contribution in [-0.4, -0.2) is 55.2 Å². The van der Waals surface area contributed by atoms with E-state index < -0.39 is 24.7 Å². The maximum atomic E-state index is 13.0. The molecule has 4 rings (SSSR count). The van der Waals surface area contributed by atoms with E-state index in [1.165, 1.54) is 6.20 Å². The second-order valence-electron chi connectivity index (χ2n) is 8.10. The molecule has 4 heterocycles. The minimum Gasteiger partial charge on any atom is -0.370 e. The second-order valence-corrected chi connectivity index (χ2v) is 8.57. The van der Waals surface area contributed by atoms with Gasteiger partial charge in [0.1, 0.15) is 23.7 Å². The summed E-state index contributed by atoms with van der Waals surface area (Å²) in [6.07, 6.45) is -1.71. The summed E-state index contributed by atoms with van der Waals surface area (Å²) in [4.78, 5) is 15.6. The van der Waals surface area contributed by atoms with Crippen molar-refractivity contribution in [3.63, 3.8) is 0 Å². The standard InChI is InChI=1S/C21H22F5N7S/c1-12-4-7-32(18-10-29-14-9-30-33(11-16(22)23)20(14)31-18)15(19(12)34)3-6-28-17-8-13(2-5-27-17)21(24,25)26/h2,5,8-10,12,15-16H,3-4,6-7,11H2,1H3,(H,27,28)/t12-,15-/m0/s1. The molecule has 1 aliphatic rings. The molecule has 1 aliphatic heterocycles. The van der Waals surface area contributed by atoms with Crippen LogP contribution in [0.1, 0.15) is 25.3 Å². The van der Waals surface area contributed by atoms with Crippen LogP contribution in [0.5, 0.6) is 0 Å². The Hall–Kier alpha value is -2.96. The molecule has 0 aliphatic carbocycles. The van der Waals surface area contributed by atoms with Gasteiger partial charge in [0.2, 0.25) is 0 Å². The number of hydrogen-bond acceptors (Lipinski definition) is 7. The maximum absolute atomic E-state index is 13.0. The zero-order valence-corrected chi connectivity index (χ0v) is 19.0. The van der Waals surface area contributed by atoms with E-state index in [1.807, 2.05) is 11.8 Å². The molecule has 0 spiro atoms. The number of anilines is 2. The Balaban J connectivity index is 1.53. The second kappa shape index (κ2) is 9.72. The van der Waals surface area contributed by atoms with Gasteiger partial charge >= 0.3 is 6.18 Å². The Morgan fingerprint density at radius 2 is 2.03 bits per heavy atom. The van der Waals surface area contributed by atoms with Crippen LogP contribution in [0.25, 0.3) is 11.2 Å². The number of piperidine rings is 1. The van der Waals surface area contributed by atoms with Gasteiger partial charge in [0, 0.05) is 24.2 Å². The van der Waals surface area contributed by atoms with E-state index in [9.17, 15) is 22.0 Å². The van der Waals surface area contributed by atoms with E-state index >= 15 is 0 Å². The summed E-state index contributed by atoms with van der Waals surface area (Å²) in [6.45, 7) is 2.38. The smallest absolute Gasteiger partial charge is 0.370 e. The van der Waals surface area contributed by atoms with Crippen LogP contribution in [0, 0.1) is 5.92 Å². The Bertz CT molecular complexity index is 1170. The predicted molar refractivity (Wildman–Crippen MR) is 121 cm³/mol. The number of aromatic nitrogens is 5. The highest BCUT2D eigenvalue weighted by molar-refractivity contribution is 7.80. The zero-order valence-electron chi connectivity index (χ0n) is 18.1. The van der Waals surface area contributed by atoms with E-state index in [0.717, 1.165) is 34.3 Å². The van der Waals surface area contributed by atoms with Crippen LogP contribution in [0.4, 0.5) is 33.6 Å². The van der Waals surface area contributed by atoms with Gasteiger partial charge in [-0.2, -0.15) is 18.3 Å². The molecule has 0 aromatic carbocycles. The van der Waals surface area contributed by atoms with Crippen molar-refractivity contribution in [2.45, 2.75) is 45.0 Å². The molecule has 1 N–H and O–H groups in total. The largest absolute Gasteiger partial charge is 0.416 e. The van der Waals surface area contributed by atoms with Gasteiger partial charge < -0.3 is 10.2 Å². The Morgan fingerprint density at radius 1 is 1.24 bits per heavy atom. The molecule has 0 radical (unpaired) electrons. The van der Waals surface area contributed by atoms with E-state index in [1.54, 1.807) is 6.20 Å². The molecule has 34 heavy (non-hydrogen) atoms. The van der Waals surface area contributed by atoms with E-state index in [4.69, 9.17) is 12.2 Å².